The Kier molecular flexibility index (Phi) is 7.85. The minimum absolute atomic E-state index is 0.0396. The molecule has 3 aromatic carbocycles. The Labute approximate surface area is 231 Å². The number of ether oxygens (including phenoxy) is 2. The van der Waals surface area contributed by atoms with Crippen LogP contribution in [-0.4, -0.2) is 35.1 Å². The number of carbonyl (C=O) groups excluding carboxylic acids is 2. The van der Waals surface area contributed by atoms with Crippen molar-refractivity contribution in [1.82, 2.24) is 5.32 Å². The number of aromatic carboxylic acids is 1. The summed E-state index contributed by atoms with van der Waals surface area (Å²) in [4.78, 5) is 38.5. The summed E-state index contributed by atoms with van der Waals surface area (Å²) in [6, 6.07) is 18.1. The Balaban J connectivity index is 1.66. The standard InChI is InChI=1S/C27H18BrN3O6S/c1-36-22-11-15(10-21(28)23(22)37-14-18-6-3-2-5-17(18)13-29)9-20-24(32)30-27(38)31(25(20)33)19-8-4-7-16(12-19)26(34)35/h2-12H,14H2,1H3,(H,34,35)(H,30,32,38). The second kappa shape index (κ2) is 11.2. The molecule has 0 radical (unpaired) electrons. The van der Waals surface area contributed by atoms with Crippen LogP contribution in [0.25, 0.3) is 6.08 Å². The maximum atomic E-state index is 13.3. The molecular weight excluding hydrogens is 574 g/mol. The van der Waals surface area contributed by atoms with E-state index in [0.29, 0.717) is 32.7 Å². The Morgan fingerprint density at radius 2 is 1.95 bits per heavy atom. The van der Waals surface area contributed by atoms with E-state index in [9.17, 15) is 24.8 Å². The third kappa shape index (κ3) is 5.41. The van der Waals surface area contributed by atoms with Gasteiger partial charge in [0.15, 0.2) is 16.6 Å². The fourth-order valence-corrected chi connectivity index (χ4v) is 4.56. The van der Waals surface area contributed by atoms with Crippen molar-refractivity contribution in [2.24, 2.45) is 0 Å². The van der Waals surface area contributed by atoms with Crippen LogP contribution >= 0.6 is 28.1 Å². The average Bonchev–Trinajstić information content (AvgIpc) is 2.90. The third-order valence-corrected chi connectivity index (χ3v) is 6.40. The quantitative estimate of drug-likeness (QED) is 0.234. The summed E-state index contributed by atoms with van der Waals surface area (Å²) in [6.45, 7) is 0.113. The Morgan fingerprint density at radius 1 is 1.18 bits per heavy atom. The third-order valence-electron chi connectivity index (χ3n) is 5.53. The highest BCUT2D eigenvalue weighted by atomic mass is 79.9. The summed E-state index contributed by atoms with van der Waals surface area (Å²) >= 11 is 8.64. The second-order valence-corrected chi connectivity index (χ2v) is 9.15. The molecule has 0 aliphatic carbocycles. The zero-order valence-corrected chi connectivity index (χ0v) is 22.1. The van der Waals surface area contributed by atoms with Gasteiger partial charge in [-0.2, -0.15) is 5.26 Å². The molecule has 0 spiro atoms. The average molecular weight is 592 g/mol. The summed E-state index contributed by atoms with van der Waals surface area (Å²) < 4.78 is 11.9. The van der Waals surface area contributed by atoms with Gasteiger partial charge in [-0.25, -0.2) is 4.79 Å². The predicted molar refractivity (Wildman–Crippen MR) is 146 cm³/mol. The molecule has 1 heterocycles. The van der Waals surface area contributed by atoms with E-state index in [2.05, 4.69) is 27.3 Å². The van der Waals surface area contributed by atoms with Crippen molar-refractivity contribution in [3.05, 3.63) is 93.0 Å². The number of nitrogens with one attached hydrogen (secondary N) is 1. The molecule has 38 heavy (non-hydrogen) atoms. The molecule has 3 aromatic rings. The van der Waals surface area contributed by atoms with Crippen molar-refractivity contribution in [2.75, 3.05) is 12.0 Å². The number of hydrogen-bond acceptors (Lipinski definition) is 7. The van der Waals surface area contributed by atoms with Crippen LogP contribution < -0.4 is 19.7 Å². The number of hydrogen-bond donors (Lipinski definition) is 2. The van der Waals surface area contributed by atoms with Crippen molar-refractivity contribution >= 4 is 62.8 Å². The first kappa shape index (κ1) is 26.5. The molecular formula is C27H18BrN3O6S. The molecule has 0 bridgehead atoms. The molecule has 1 aliphatic heterocycles. The molecule has 2 amide bonds. The first-order valence-electron chi connectivity index (χ1n) is 11.0. The van der Waals surface area contributed by atoms with Crippen molar-refractivity contribution in [3.63, 3.8) is 0 Å². The summed E-state index contributed by atoms with van der Waals surface area (Å²) in [5.74, 6) is -1.89. The molecule has 0 saturated carbocycles. The highest BCUT2D eigenvalue weighted by molar-refractivity contribution is 9.10. The predicted octanol–water partition coefficient (Wildman–Crippen LogP) is 4.44. The van der Waals surface area contributed by atoms with E-state index in [1.807, 2.05) is 0 Å². The van der Waals surface area contributed by atoms with E-state index >= 15 is 0 Å². The van der Waals surface area contributed by atoms with E-state index in [4.69, 9.17) is 21.7 Å². The number of carboxylic acid groups (broad SMARTS) is 1. The number of nitriles is 1. The first-order chi connectivity index (χ1) is 18.2. The van der Waals surface area contributed by atoms with E-state index in [0.717, 1.165) is 4.90 Å². The van der Waals surface area contributed by atoms with Gasteiger partial charge in [0, 0.05) is 5.56 Å². The number of anilines is 1. The Hall–Kier alpha value is -4.53. The largest absolute Gasteiger partial charge is 0.493 e. The molecule has 1 saturated heterocycles. The van der Waals surface area contributed by atoms with Crippen molar-refractivity contribution in [2.45, 2.75) is 6.61 Å². The molecule has 1 aliphatic rings. The number of benzene rings is 3. The van der Waals surface area contributed by atoms with Gasteiger partial charge in [0.25, 0.3) is 11.8 Å². The van der Waals surface area contributed by atoms with Gasteiger partial charge in [0.2, 0.25) is 0 Å². The fraction of sp³-hybridized carbons (Fsp3) is 0.0741. The number of carbonyl (C=O) groups is 3. The number of carboxylic acids is 1. The monoisotopic (exact) mass is 591 g/mol. The van der Waals surface area contributed by atoms with Crippen LogP contribution in [-0.2, 0) is 16.2 Å². The van der Waals surface area contributed by atoms with Gasteiger partial charge in [-0.05, 0) is 76.2 Å². The zero-order chi connectivity index (χ0) is 27.4. The number of amides is 2. The smallest absolute Gasteiger partial charge is 0.335 e. The summed E-state index contributed by atoms with van der Waals surface area (Å²) in [5.41, 5.74) is 1.58. The van der Waals surface area contributed by atoms with Crippen LogP contribution in [0.2, 0.25) is 0 Å². The maximum absolute atomic E-state index is 13.3. The van der Waals surface area contributed by atoms with Crippen LogP contribution in [0.4, 0.5) is 5.69 Å². The molecule has 9 nitrogen and oxygen atoms in total. The number of methoxy groups -OCH3 is 1. The molecule has 0 atom stereocenters. The lowest BCUT2D eigenvalue weighted by molar-refractivity contribution is -0.122. The van der Waals surface area contributed by atoms with Crippen LogP contribution in [0.1, 0.15) is 27.0 Å². The lowest BCUT2D eigenvalue weighted by Crippen LogP contribution is -2.54. The summed E-state index contributed by atoms with van der Waals surface area (Å²) in [5, 5.41) is 20.9. The number of rotatable bonds is 7. The SMILES string of the molecule is COc1cc(C=C2C(=O)NC(=S)N(c3cccc(C(=O)O)c3)C2=O)cc(Br)c1OCc1ccccc1C#N. The number of thiocarbonyl (C=S) groups is 1. The minimum atomic E-state index is -1.17. The summed E-state index contributed by atoms with van der Waals surface area (Å²) in [6.07, 6.45) is 1.37. The zero-order valence-electron chi connectivity index (χ0n) is 19.7. The summed E-state index contributed by atoms with van der Waals surface area (Å²) in [7, 11) is 1.45. The van der Waals surface area contributed by atoms with Crippen LogP contribution in [0.5, 0.6) is 11.5 Å². The van der Waals surface area contributed by atoms with Gasteiger partial charge < -0.3 is 14.6 Å². The molecule has 11 heteroatoms. The van der Waals surface area contributed by atoms with Crippen LogP contribution in [0, 0.1) is 11.3 Å². The fourth-order valence-electron chi connectivity index (χ4n) is 3.70. The van der Waals surface area contributed by atoms with Crippen molar-refractivity contribution in [3.8, 4) is 17.6 Å². The molecule has 0 unspecified atom stereocenters. The van der Waals surface area contributed by atoms with Gasteiger partial charge in [0.05, 0.1) is 34.5 Å². The highest BCUT2D eigenvalue weighted by Gasteiger charge is 2.35. The van der Waals surface area contributed by atoms with Gasteiger partial charge in [0.1, 0.15) is 12.2 Å². The van der Waals surface area contributed by atoms with Crippen LogP contribution in [0.15, 0.2) is 70.7 Å². The molecule has 0 aromatic heterocycles. The first-order valence-corrected chi connectivity index (χ1v) is 12.2. The minimum Gasteiger partial charge on any atom is -0.493 e. The molecule has 1 fully saturated rings. The van der Waals surface area contributed by atoms with Gasteiger partial charge in [-0.1, -0.05) is 24.3 Å². The molecule has 4 rings (SSSR count). The lowest BCUT2D eigenvalue weighted by atomic mass is 10.1. The lowest BCUT2D eigenvalue weighted by Gasteiger charge is -2.29. The van der Waals surface area contributed by atoms with Crippen molar-refractivity contribution < 1.29 is 29.0 Å². The van der Waals surface area contributed by atoms with E-state index in [-0.39, 0.29) is 28.5 Å². The molecule has 190 valence electrons. The number of halogens is 1. The Morgan fingerprint density at radius 3 is 2.66 bits per heavy atom. The van der Waals surface area contributed by atoms with Gasteiger partial charge in [-0.15, -0.1) is 0 Å². The second-order valence-electron chi connectivity index (χ2n) is 7.91. The van der Waals surface area contributed by atoms with Crippen molar-refractivity contribution in [1.29, 1.82) is 5.26 Å². The van der Waals surface area contributed by atoms with Gasteiger partial charge in [-0.3, -0.25) is 19.8 Å². The van der Waals surface area contributed by atoms with E-state index in [1.165, 1.54) is 37.5 Å². The number of nitrogens with zero attached hydrogens (tertiary/aromatic N) is 2. The van der Waals surface area contributed by atoms with Gasteiger partial charge >= 0.3 is 5.97 Å². The van der Waals surface area contributed by atoms with Crippen LogP contribution in [0.3, 0.4) is 0 Å². The highest BCUT2D eigenvalue weighted by Crippen LogP contribution is 2.38. The Bertz CT molecular complexity index is 1560. The van der Waals surface area contributed by atoms with E-state index in [1.54, 1.807) is 36.4 Å². The normalized spacial score (nSPS) is 14.2. The van der Waals surface area contributed by atoms with E-state index < -0.39 is 17.8 Å². The molecule has 2 N–H and O–H groups in total. The topological polar surface area (TPSA) is 129 Å². The maximum Gasteiger partial charge on any atom is 0.335 e.